The number of carbonyl (C=O) groups excluding carboxylic acids is 1. The molecule has 5 heteroatoms. The predicted molar refractivity (Wildman–Crippen MR) is 54.3 cm³/mol. The topological polar surface area (TPSA) is 67.2 Å². The fraction of sp³-hybridized carbons (Fsp3) is 0.600. The third kappa shape index (κ3) is 1.74. The Bertz CT molecular complexity index is 363. The molecule has 15 heavy (non-hydrogen) atoms. The summed E-state index contributed by atoms with van der Waals surface area (Å²) in [4.78, 5) is 11.8. The summed E-state index contributed by atoms with van der Waals surface area (Å²) < 4.78 is 1.53. The van der Waals surface area contributed by atoms with Crippen LogP contribution in [0.4, 0.5) is 0 Å². The number of aliphatic hydroxyl groups is 1. The molecule has 0 saturated heterocycles. The molecule has 1 aromatic heterocycles. The molecule has 1 aliphatic carbocycles. The largest absolute Gasteiger partial charge is 0.394 e. The molecule has 2 N–H and O–H groups in total. The maximum Gasteiger partial charge on any atom is 0.270 e. The van der Waals surface area contributed by atoms with Gasteiger partial charge in [0, 0.05) is 13.2 Å². The van der Waals surface area contributed by atoms with Crippen LogP contribution in [0.3, 0.4) is 0 Å². The van der Waals surface area contributed by atoms with Gasteiger partial charge in [-0.1, -0.05) is 0 Å². The van der Waals surface area contributed by atoms with Gasteiger partial charge >= 0.3 is 0 Å². The first-order valence-electron chi connectivity index (χ1n) is 5.08. The number of aryl methyl sites for hydroxylation is 1. The fourth-order valence-corrected chi connectivity index (χ4v) is 1.83. The van der Waals surface area contributed by atoms with Crippen molar-refractivity contribution in [3.8, 4) is 0 Å². The van der Waals surface area contributed by atoms with E-state index >= 15 is 0 Å². The van der Waals surface area contributed by atoms with Crippen molar-refractivity contribution in [3.05, 3.63) is 18.0 Å². The molecule has 0 aliphatic heterocycles. The minimum Gasteiger partial charge on any atom is -0.394 e. The summed E-state index contributed by atoms with van der Waals surface area (Å²) in [6, 6.07) is 1.67. The molecule has 1 aromatic rings. The summed E-state index contributed by atoms with van der Waals surface area (Å²) in [5, 5.41) is 16.0. The van der Waals surface area contributed by atoms with Gasteiger partial charge in [0.05, 0.1) is 12.1 Å². The van der Waals surface area contributed by atoms with Gasteiger partial charge in [-0.15, -0.1) is 0 Å². The number of nitrogens with one attached hydrogen (secondary N) is 1. The number of aromatic nitrogens is 2. The van der Waals surface area contributed by atoms with Gasteiger partial charge < -0.3 is 10.4 Å². The quantitative estimate of drug-likeness (QED) is 0.740. The molecule has 0 unspecified atom stereocenters. The number of rotatable bonds is 3. The first kappa shape index (κ1) is 10.2. The molecule has 0 bridgehead atoms. The lowest BCUT2D eigenvalue weighted by Gasteiger charge is -2.40. The van der Waals surface area contributed by atoms with Crippen molar-refractivity contribution in [2.45, 2.75) is 24.8 Å². The average molecular weight is 209 g/mol. The molecule has 1 fully saturated rings. The maximum absolute atomic E-state index is 11.8. The highest BCUT2D eigenvalue weighted by Crippen LogP contribution is 2.31. The summed E-state index contributed by atoms with van der Waals surface area (Å²) in [6.07, 6.45) is 4.35. The Morgan fingerprint density at radius 3 is 2.87 bits per heavy atom. The number of hydrogen-bond donors (Lipinski definition) is 2. The van der Waals surface area contributed by atoms with Gasteiger partial charge in [-0.2, -0.15) is 5.10 Å². The van der Waals surface area contributed by atoms with Gasteiger partial charge in [0.15, 0.2) is 0 Å². The monoisotopic (exact) mass is 209 g/mol. The third-order valence-corrected chi connectivity index (χ3v) is 3.05. The zero-order valence-corrected chi connectivity index (χ0v) is 8.73. The fourth-order valence-electron chi connectivity index (χ4n) is 1.83. The average Bonchev–Trinajstić information content (AvgIpc) is 2.58. The number of hydrogen-bond acceptors (Lipinski definition) is 3. The molecular formula is C10H15N3O2. The standard InChI is InChI=1S/C10H15N3O2/c1-13-8(3-6-11-13)9(15)12-10(7-14)4-2-5-10/h3,6,14H,2,4-5,7H2,1H3,(H,12,15). The molecule has 5 nitrogen and oxygen atoms in total. The van der Waals surface area contributed by atoms with Gasteiger partial charge in [0.2, 0.25) is 0 Å². The van der Waals surface area contributed by atoms with E-state index in [0.717, 1.165) is 19.3 Å². The summed E-state index contributed by atoms with van der Waals surface area (Å²) in [6.45, 7) is 0.0105. The zero-order chi connectivity index (χ0) is 10.9. The van der Waals surface area contributed by atoms with Gasteiger partial charge in [-0.05, 0) is 25.3 Å². The van der Waals surface area contributed by atoms with Crippen molar-refractivity contribution in [2.75, 3.05) is 6.61 Å². The molecular weight excluding hydrogens is 194 g/mol. The lowest BCUT2D eigenvalue weighted by atomic mass is 9.77. The van der Waals surface area contributed by atoms with Crippen molar-refractivity contribution in [1.82, 2.24) is 15.1 Å². The lowest BCUT2D eigenvalue weighted by Crippen LogP contribution is -2.56. The third-order valence-electron chi connectivity index (χ3n) is 3.05. The number of carbonyl (C=O) groups is 1. The van der Waals surface area contributed by atoms with Crippen molar-refractivity contribution in [2.24, 2.45) is 7.05 Å². The molecule has 0 spiro atoms. The number of nitrogens with zero attached hydrogens (tertiary/aromatic N) is 2. The van der Waals surface area contributed by atoms with Crippen LogP contribution in [-0.4, -0.2) is 32.9 Å². The van der Waals surface area contributed by atoms with Crippen LogP contribution in [0.25, 0.3) is 0 Å². The molecule has 0 aromatic carbocycles. The SMILES string of the molecule is Cn1nccc1C(=O)NC1(CO)CCC1. The highest BCUT2D eigenvalue weighted by molar-refractivity contribution is 5.93. The summed E-state index contributed by atoms with van der Waals surface area (Å²) in [5.41, 5.74) is 0.135. The van der Waals surface area contributed by atoms with Crippen molar-refractivity contribution < 1.29 is 9.90 Å². The van der Waals surface area contributed by atoms with E-state index in [1.54, 1.807) is 19.3 Å². The number of aliphatic hydroxyl groups excluding tert-OH is 1. The van der Waals surface area contributed by atoms with E-state index in [-0.39, 0.29) is 18.1 Å². The predicted octanol–water partition coefficient (Wildman–Crippen LogP) is 0.0649. The molecule has 1 heterocycles. The molecule has 1 saturated carbocycles. The minimum atomic E-state index is -0.388. The van der Waals surface area contributed by atoms with Gasteiger partial charge in [-0.25, -0.2) is 0 Å². The second kappa shape index (κ2) is 3.66. The summed E-state index contributed by atoms with van der Waals surface area (Å²) in [5.74, 6) is -0.163. The normalized spacial score (nSPS) is 18.3. The second-order valence-electron chi connectivity index (χ2n) is 4.09. The van der Waals surface area contributed by atoms with Gasteiger partial charge in [-0.3, -0.25) is 9.48 Å². The molecule has 0 atom stereocenters. The van der Waals surface area contributed by atoms with Crippen LogP contribution in [0.5, 0.6) is 0 Å². The first-order valence-corrected chi connectivity index (χ1v) is 5.08. The van der Waals surface area contributed by atoms with E-state index in [2.05, 4.69) is 10.4 Å². The Labute approximate surface area is 88.1 Å². The van der Waals surface area contributed by atoms with Crippen molar-refractivity contribution >= 4 is 5.91 Å². The molecule has 1 amide bonds. The highest BCUT2D eigenvalue weighted by atomic mass is 16.3. The summed E-state index contributed by atoms with van der Waals surface area (Å²) >= 11 is 0. The zero-order valence-electron chi connectivity index (χ0n) is 8.73. The van der Waals surface area contributed by atoms with E-state index in [1.165, 1.54) is 4.68 Å². The molecule has 2 rings (SSSR count). The van der Waals surface area contributed by atoms with Crippen LogP contribution in [0.15, 0.2) is 12.3 Å². The number of amides is 1. The van der Waals surface area contributed by atoms with Crippen molar-refractivity contribution in [3.63, 3.8) is 0 Å². The van der Waals surface area contributed by atoms with E-state index in [1.807, 2.05) is 0 Å². The lowest BCUT2D eigenvalue weighted by molar-refractivity contribution is 0.0634. The highest BCUT2D eigenvalue weighted by Gasteiger charge is 2.38. The molecule has 82 valence electrons. The first-order chi connectivity index (χ1) is 7.17. The Kier molecular flexibility index (Phi) is 2.48. The Morgan fingerprint density at radius 2 is 2.47 bits per heavy atom. The van der Waals surface area contributed by atoms with E-state index in [4.69, 9.17) is 0 Å². The van der Waals surface area contributed by atoms with Crippen LogP contribution in [0.1, 0.15) is 29.8 Å². The van der Waals surface area contributed by atoms with Crippen LogP contribution in [0.2, 0.25) is 0 Å². The van der Waals surface area contributed by atoms with Crippen molar-refractivity contribution in [1.29, 1.82) is 0 Å². The minimum absolute atomic E-state index is 0.0105. The second-order valence-corrected chi connectivity index (χ2v) is 4.09. The maximum atomic E-state index is 11.8. The van der Waals surface area contributed by atoms with Gasteiger partial charge in [0.25, 0.3) is 5.91 Å². The van der Waals surface area contributed by atoms with E-state index in [9.17, 15) is 9.90 Å². The van der Waals surface area contributed by atoms with E-state index in [0.29, 0.717) is 5.69 Å². The molecule has 1 aliphatic rings. The Hall–Kier alpha value is -1.36. The van der Waals surface area contributed by atoms with Crippen LogP contribution in [-0.2, 0) is 7.05 Å². The molecule has 0 radical (unpaired) electrons. The smallest absolute Gasteiger partial charge is 0.270 e. The van der Waals surface area contributed by atoms with Crippen LogP contribution >= 0.6 is 0 Å². The van der Waals surface area contributed by atoms with Crippen LogP contribution < -0.4 is 5.32 Å². The Balaban J connectivity index is 2.07. The van der Waals surface area contributed by atoms with Crippen LogP contribution in [0, 0.1) is 0 Å². The van der Waals surface area contributed by atoms with E-state index < -0.39 is 0 Å². The summed E-state index contributed by atoms with van der Waals surface area (Å²) in [7, 11) is 1.72. The van der Waals surface area contributed by atoms with Gasteiger partial charge in [0.1, 0.15) is 5.69 Å². The Morgan fingerprint density at radius 1 is 1.73 bits per heavy atom.